The van der Waals surface area contributed by atoms with E-state index in [2.05, 4.69) is 5.32 Å². The Morgan fingerprint density at radius 2 is 1.66 bits per heavy atom. The smallest absolute Gasteiger partial charge is 0.255 e. The van der Waals surface area contributed by atoms with E-state index in [4.69, 9.17) is 4.42 Å². The van der Waals surface area contributed by atoms with Crippen LogP contribution in [-0.2, 0) is 16.6 Å². The molecule has 1 amide bonds. The number of nitrogens with one attached hydrogen (secondary N) is 1. The predicted molar refractivity (Wildman–Crippen MR) is 171 cm³/mol. The van der Waals surface area contributed by atoms with Crippen LogP contribution < -0.4 is 9.62 Å². The molecule has 44 heavy (non-hydrogen) atoms. The highest BCUT2D eigenvalue weighted by molar-refractivity contribution is 7.92. The van der Waals surface area contributed by atoms with Crippen LogP contribution in [0.2, 0.25) is 0 Å². The van der Waals surface area contributed by atoms with Crippen molar-refractivity contribution < 1.29 is 26.4 Å². The van der Waals surface area contributed by atoms with Crippen LogP contribution in [0.1, 0.15) is 10.4 Å². The summed E-state index contributed by atoms with van der Waals surface area (Å²) < 4.78 is 62.2. The average molecular weight is 614 g/mol. The number of sulfonamides is 1. The van der Waals surface area contributed by atoms with Gasteiger partial charge >= 0.3 is 0 Å². The molecule has 0 saturated carbocycles. The average Bonchev–Trinajstić information content (AvgIpc) is 3.58. The van der Waals surface area contributed by atoms with Gasteiger partial charge < -0.3 is 14.3 Å². The van der Waals surface area contributed by atoms with Gasteiger partial charge in [0.15, 0.2) is 0 Å². The first-order chi connectivity index (χ1) is 21.1. The van der Waals surface area contributed by atoms with E-state index in [1.54, 1.807) is 12.1 Å². The van der Waals surface area contributed by atoms with Gasteiger partial charge in [-0.05, 0) is 59.7 Å². The molecular weight excluding hydrogens is 584 g/mol. The fourth-order valence-corrected chi connectivity index (χ4v) is 6.09. The number of halogens is 2. The first-order valence-corrected chi connectivity index (χ1v) is 15.7. The minimum Gasteiger partial charge on any atom is -0.455 e. The van der Waals surface area contributed by atoms with Gasteiger partial charge in [0.2, 0.25) is 10.0 Å². The lowest BCUT2D eigenvalue weighted by atomic mass is 9.96. The summed E-state index contributed by atoms with van der Waals surface area (Å²) in [5.74, 6) is -0.618. The molecular formula is C34H29F2N3O4S. The first-order valence-electron chi connectivity index (χ1n) is 13.9. The number of anilines is 1. The first kappa shape index (κ1) is 29.1. The number of furan rings is 1. The molecule has 0 fully saturated rings. The lowest BCUT2D eigenvalue weighted by molar-refractivity contribution is 0.0964. The summed E-state index contributed by atoms with van der Waals surface area (Å²) in [6.07, 6.45) is 1.11. The summed E-state index contributed by atoms with van der Waals surface area (Å²) in [4.78, 5) is 13.2. The molecule has 0 atom stereocenters. The van der Waals surface area contributed by atoms with Gasteiger partial charge in [-0.15, -0.1) is 0 Å². The van der Waals surface area contributed by atoms with Crippen molar-refractivity contribution in [3.63, 3.8) is 0 Å². The molecule has 0 spiro atoms. The number of benzene rings is 4. The van der Waals surface area contributed by atoms with E-state index < -0.39 is 28.4 Å². The molecule has 0 saturated heterocycles. The number of aromatic nitrogens is 1. The molecule has 0 aliphatic carbocycles. The molecule has 7 nitrogen and oxygen atoms in total. The van der Waals surface area contributed by atoms with Gasteiger partial charge in [0, 0.05) is 53.3 Å². The van der Waals surface area contributed by atoms with Gasteiger partial charge in [-0.1, -0.05) is 36.4 Å². The maximum Gasteiger partial charge on any atom is 0.255 e. The van der Waals surface area contributed by atoms with Crippen molar-refractivity contribution in [3.05, 3.63) is 102 Å². The molecule has 0 bridgehead atoms. The third-order valence-corrected chi connectivity index (χ3v) is 8.98. The Kier molecular flexibility index (Phi) is 7.46. The van der Waals surface area contributed by atoms with Crippen molar-refractivity contribution in [2.75, 3.05) is 31.3 Å². The Hall–Kier alpha value is -4.96. The van der Waals surface area contributed by atoms with Crippen molar-refractivity contribution in [2.24, 2.45) is 0 Å². The third-order valence-electron chi connectivity index (χ3n) is 7.79. The van der Waals surface area contributed by atoms with Crippen LogP contribution in [0.5, 0.6) is 0 Å². The maximum absolute atomic E-state index is 13.7. The van der Waals surface area contributed by atoms with Crippen molar-refractivity contribution >= 4 is 43.5 Å². The molecule has 6 aromatic rings. The van der Waals surface area contributed by atoms with Crippen LogP contribution in [0.3, 0.4) is 0 Å². The second-order valence-electron chi connectivity index (χ2n) is 10.5. The van der Waals surface area contributed by atoms with Crippen molar-refractivity contribution in [1.82, 2.24) is 9.88 Å². The van der Waals surface area contributed by atoms with Gasteiger partial charge in [-0.25, -0.2) is 17.2 Å². The van der Waals surface area contributed by atoms with E-state index in [-0.39, 0.29) is 23.5 Å². The summed E-state index contributed by atoms with van der Waals surface area (Å²) in [5.41, 5.74) is 5.11. The Morgan fingerprint density at radius 1 is 0.932 bits per heavy atom. The van der Waals surface area contributed by atoms with E-state index in [1.165, 1.54) is 38.4 Å². The SMILES string of the molecule is CNC(=O)c1c(-c2ccc(F)cc2)oc2cc(N(C)S(C)(=O)=O)c(-c3cccc(-c4cc5ccccc5n4CCF)c3)cc12. The number of rotatable bonds is 8. The quantitative estimate of drug-likeness (QED) is 0.196. The summed E-state index contributed by atoms with van der Waals surface area (Å²) in [6, 6.07) is 26.2. The predicted octanol–water partition coefficient (Wildman–Crippen LogP) is 7.25. The minimum absolute atomic E-state index is 0.178. The molecule has 0 aliphatic heterocycles. The largest absolute Gasteiger partial charge is 0.455 e. The lowest BCUT2D eigenvalue weighted by Crippen LogP contribution is -2.25. The van der Waals surface area contributed by atoms with E-state index in [1.807, 2.05) is 59.2 Å². The molecule has 6 rings (SSSR count). The zero-order valence-corrected chi connectivity index (χ0v) is 25.1. The third kappa shape index (κ3) is 5.11. The molecule has 0 radical (unpaired) electrons. The molecule has 2 aromatic heterocycles. The monoisotopic (exact) mass is 613 g/mol. The number of para-hydroxylation sites is 1. The number of carbonyl (C=O) groups is 1. The Morgan fingerprint density at radius 3 is 2.36 bits per heavy atom. The lowest BCUT2D eigenvalue weighted by Gasteiger charge is -2.21. The summed E-state index contributed by atoms with van der Waals surface area (Å²) in [5, 5.41) is 4.08. The Balaban J connectivity index is 1.62. The van der Waals surface area contributed by atoms with E-state index in [0.717, 1.165) is 32.7 Å². The van der Waals surface area contributed by atoms with Crippen LogP contribution in [0.15, 0.2) is 95.4 Å². The molecule has 1 N–H and O–H groups in total. The second-order valence-corrected chi connectivity index (χ2v) is 12.5. The normalized spacial score (nSPS) is 11.8. The molecule has 10 heteroatoms. The number of nitrogens with zero attached hydrogens (tertiary/aromatic N) is 2. The number of hydrogen-bond donors (Lipinski definition) is 1. The van der Waals surface area contributed by atoms with Gasteiger partial charge in [-0.2, -0.15) is 0 Å². The topological polar surface area (TPSA) is 84.6 Å². The highest BCUT2D eigenvalue weighted by Gasteiger charge is 2.26. The zero-order chi connectivity index (χ0) is 31.2. The fourth-order valence-electron chi connectivity index (χ4n) is 5.58. The van der Waals surface area contributed by atoms with Gasteiger partial charge in [0.25, 0.3) is 5.91 Å². The van der Waals surface area contributed by atoms with Gasteiger partial charge in [0.1, 0.15) is 23.8 Å². The van der Waals surface area contributed by atoms with Crippen LogP contribution in [0.25, 0.3) is 55.6 Å². The summed E-state index contributed by atoms with van der Waals surface area (Å²) >= 11 is 0. The molecule has 0 aliphatic rings. The molecule has 2 heterocycles. The minimum atomic E-state index is -3.71. The van der Waals surface area contributed by atoms with Crippen molar-refractivity contribution in [1.29, 1.82) is 0 Å². The van der Waals surface area contributed by atoms with E-state index in [0.29, 0.717) is 27.8 Å². The Labute approximate surface area is 253 Å². The standard InChI is InChI=1S/C34H29F2N3O4S/c1-37-34(40)32-27-19-26(22-8-6-9-23(17-22)29-18-24-7-4-5-10-28(24)39(29)16-15-35)30(38(2)44(3,41)42)20-31(27)43-33(32)21-11-13-25(36)14-12-21/h4-14,17-20H,15-16H2,1-3H3,(H,37,40). The highest BCUT2D eigenvalue weighted by atomic mass is 32.2. The molecule has 224 valence electrons. The van der Waals surface area contributed by atoms with E-state index >= 15 is 0 Å². The summed E-state index contributed by atoms with van der Waals surface area (Å²) in [6.45, 7) is -0.359. The fraction of sp³-hybridized carbons (Fsp3) is 0.147. The number of fused-ring (bicyclic) bond motifs is 2. The van der Waals surface area contributed by atoms with Gasteiger partial charge in [0.05, 0.1) is 24.1 Å². The highest BCUT2D eigenvalue weighted by Crippen LogP contribution is 2.42. The van der Waals surface area contributed by atoms with Crippen LogP contribution >= 0.6 is 0 Å². The molecule has 0 unspecified atom stereocenters. The van der Waals surface area contributed by atoms with Crippen LogP contribution in [0, 0.1) is 5.82 Å². The molecule has 4 aromatic carbocycles. The zero-order valence-electron chi connectivity index (χ0n) is 24.3. The second kappa shape index (κ2) is 11.3. The van der Waals surface area contributed by atoms with E-state index in [9.17, 15) is 22.0 Å². The number of aryl methyl sites for hydroxylation is 1. The number of amides is 1. The number of carbonyl (C=O) groups excluding carboxylic acids is 1. The maximum atomic E-state index is 13.7. The number of alkyl halides is 1. The van der Waals surface area contributed by atoms with Crippen LogP contribution in [-0.4, -0.2) is 45.9 Å². The summed E-state index contributed by atoms with van der Waals surface area (Å²) in [7, 11) is -0.752. The van der Waals surface area contributed by atoms with Crippen LogP contribution in [0.4, 0.5) is 14.5 Å². The Bertz CT molecular complexity index is 2150. The van der Waals surface area contributed by atoms with Crippen molar-refractivity contribution in [3.8, 4) is 33.7 Å². The van der Waals surface area contributed by atoms with Crippen molar-refractivity contribution in [2.45, 2.75) is 6.54 Å². The van der Waals surface area contributed by atoms with Gasteiger partial charge in [-0.3, -0.25) is 9.10 Å². The number of hydrogen-bond acceptors (Lipinski definition) is 4.